The standard InChI is InChI=1S/C8H8BNO2.C8H6BrN.2C2H6/c11-9(12)8-5-6-3-1-2-4-7(6)10-8;9-8-5-6-3-1-2-4-7(6)10-8;2*1-2/h1-5,10-12H;1-5,10H;2*1-2H3/i2*5T;;. The van der Waals surface area contributed by atoms with Crippen LogP contribution in [0.4, 0.5) is 0 Å². The van der Waals surface area contributed by atoms with Crippen LogP contribution in [0.5, 0.6) is 0 Å². The molecule has 0 bridgehead atoms. The van der Waals surface area contributed by atoms with Crippen molar-refractivity contribution in [2.45, 2.75) is 27.7 Å². The molecule has 0 aliphatic carbocycles. The van der Waals surface area contributed by atoms with Gasteiger partial charge in [0.05, 0.1) is 7.34 Å². The van der Waals surface area contributed by atoms with Gasteiger partial charge >= 0.3 is 7.12 Å². The summed E-state index contributed by atoms with van der Waals surface area (Å²) in [7, 11) is -1.61. The van der Waals surface area contributed by atoms with Crippen molar-refractivity contribution in [3.63, 3.8) is 0 Å². The first-order valence-electron chi connectivity index (χ1n) is 9.65. The summed E-state index contributed by atoms with van der Waals surface area (Å²) in [6.45, 7) is 8.00. The van der Waals surface area contributed by atoms with Crippen LogP contribution in [-0.4, -0.2) is 27.1 Å². The number of rotatable bonds is 1. The van der Waals surface area contributed by atoms with Gasteiger partial charge in [-0.15, -0.1) is 0 Å². The molecule has 0 aliphatic heterocycles. The second kappa shape index (κ2) is 11.6. The fourth-order valence-electron chi connectivity index (χ4n) is 2.12. The fraction of sp³-hybridized carbons (Fsp3) is 0.200. The quantitative estimate of drug-likeness (QED) is 0.333. The van der Waals surface area contributed by atoms with Crippen LogP contribution in [0.25, 0.3) is 21.8 Å². The van der Waals surface area contributed by atoms with Crippen LogP contribution in [0.2, 0.25) is 0 Å². The van der Waals surface area contributed by atoms with Crippen LogP contribution < -0.4 is 5.59 Å². The topological polar surface area (TPSA) is 72.0 Å². The minimum Gasteiger partial charge on any atom is -0.422 e. The van der Waals surface area contributed by atoms with E-state index in [4.69, 9.17) is 12.8 Å². The molecule has 0 atom stereocenters. The monoisotopic (exact) mass is 420 g/mol. The number of hydrogen-bond acceptors (Lipinski definition) is 2. The van der Waals surface area contributed by atoms with Crippen molar-refractivity contribution < 1.29 is 12.8 Å². The minimum atomic E-state index is -1.61. The van der Waals surface area contributed by atoms with E-state index in [0.29, 0.717) is 11.4 Å². The summed E-state index contributed by atoms with van der Waals surface area (Å²) >= 11 is 3.27. The Bertz CT molecular complexity index is 1000. The average Bonchev–Trinajstić information content (AvgIpc) is 3.23. The van der Waals surface area contributed by atoms with Gasteiger partial charge in [0.1, 0.15) is 0 Å². The van der Waals surface area contributed by atoms with E-state index in [1.807, 2.05) is 64.1 Å². The number of para-hydroxylation sites is 2. The summed E-state index contributed by atoms with van der Waals surface area (Å²) in [4.78, 5) is 5.83. The molecule has 0 spiro atoms. The summed E-state index contributed by atoms with van der Waals surface area (Å²) in [5, 5.41) is 19.5. The zero-order valence-corrected chi connectivity index (χ0v) is 17.1. The van der Waals surface area contributed by atoms with Crippen molar-refractivity contribution >= 4 is 50.4 Å². The SMILES string of the molecule is CC.CC.[3H]c1c(B(O)O)[nH]c2ccccc12.[3H]c1c(Br)[nH]c2ccccc12. The highest BCUT2D eigenvalue weighted by atomic mass is 79.9. The third-order valence-electron chi connectivity index (χ3n) is 3.14. The number of benzene rings is 2. The Kier molecular flexibility index (Phi) is 8.35. The van der Waals surface area contributed by atoms with E-state index in [2.05, 4.69) is 25.9 Å². The Labute approximate surface area is 166 Å². The van der Waals surface area contributed by atoms with E-state index in [-0.39, 0.29) is 11.6 Å². The van der Waals surface area contributed by atoms with Gasteiger partial charge in [-0.2, -0.15) is 0 Å². The summed E-state index contributed by atoms with van der Waals surface area (Å²) in [5.41, 5.74) is 1.89. The number of hydrogen-bond donors (Lipinski definition) is 4. The molecule has 2 aromatic heterocycles. The van der Waals surface area contributed by atoms with Gasteiger partial charge in [-0.25, -0.2) is 0 Å². The van der Waals surface area contributed by atoms with Gasteiger partial charge in [0, 0.05) is 22.0 Å². The highest BCUT2D eigenvalue weighted by Gasteiger charge is 2.12. The van der Waals surface area contributed by atoms with Crippen LogP contribution in [0.1, 0.15) is 30.4 Å². The number of aromatic amines is 2. The Morgan fingerprint density at radius 1 is 0.808 bits per heavy atom. The minimum absolute atomic E-state index is 0.140. The van der Waals surface area contributed by atoms with Gasteiger partial charge in [0.15, 0.2) is 0 Å². The van der Waals surface area contributed by atoms with E-state index in [1.165, 1.54) is 0 Å². The lowest BCUT2D eigenvalue weighted by atomic mass is 9.87. The Balaban J connectivity index is 0.000000240. The molecular weight excluding hydrogens is 391 g/mol. The second-order valence-corrected chi connectivity index (χ2v) is 5.49. The van der Waals surface area contributed by atoms with Crippen molar-refractivity contribution in [3.05, 3.63) is 65.2 Å². The number of H-pyrrole nitrogens is 2. The third-order valence-corrected chi connectivity index (χ3v) is 3.54. The van der Waals surface area contributed by atoms with Crippen LogP contribution in [-0.2, 0) is 0 Å². The van der Waals surface area contributed by atoms with E-state index in [0.717, 1.165) is 21.0 Å². The summed E-state index contributed by atoms with van der Waals surface area (Å²) in [6.07, 6.45) is 0. The van der Waals surface area contributed by atoms with Crippen molar-refractivity contribution in [1.82, 2.24) is 9.97 Å². The van der Waals surface area contributed by atoms with Crippen molar-refractivity contribution in [2.24, 2.45) is 0 Å². The highest BCUT2D eigenvalue weighted by Crippen LogP contribution is 2.17. The molecule has 138 valence electrons. The molecule has 2 aromatic carbocycles. The normalized spacial score (nSPS) is 10.4. The largest absolute Gasteiger partial charge is 0.505 e. The lowest BCUT2D eigenvalue weighted by molar-refractivity contribution is 0.424. The maximum absolute atomic E-state index is 8.91. The van der Waals surface area contributed by atoms with Crippen LogP contribution in [0, 0.1) is 0 Å². The molecule has 0 fully saturated rings. The lowest BCUT2D eigenvalue weighted by Gasteiger charge is -1.89. The smallest absolute Gasteiger partial charge is 0.422 e. The number of halogens is 1. The lowest BCUT2D eigenvalue weighted by Crippen LogP contribution is -2.30. The maximum Gasteiger partial charge on any atom is 0.505 e. The predicted molar refractivity (Wildman–Crippen MR) is 117 cm³/mol. The zero-order valence-electron chi connectivity index (χ0n) is 17.5. The fourth-order valence-corrected chi connectivity index (χ4v) is 2.55. The maximum atomic E-state index is 8.91. The first kappa shape index (κ1) is 18.8. The summed E-state index contributed by atoms with van der Waals surface area (Å²) < 4.78 is 15.9. The molecule has 0 amide bonds. The van der Waals surface area contributed by atoms with Crippen molar-refractivity contribution in [1.29, 1.82) is 0 Å². The van der Waals surface area contributed by atoms with Crippen molar-refractivity contribution in [2.75, 3.05) is 0 Å². The predicted octanol–water partition coefficient (Wildman–Crippen LogP) is 4.83. The molecule has 4 rings (SSSR count). The molecule has 0 unspecified atom stereocenters. The van der Waals surface area contributed by atoms with Crippen LogP contribution >= 0.6 is 15.9 Å². The van der Waals surface area contributed by atoms with E-state index < -0.39 is 7.12 Å². The van der Waals surface area contributed by atoms with E-state index in [1.54, 1.807) is 12.1 Å². The molecular formula is C20H26BBrN2O2. The molecule has 2 heterocycles. The summed E-state index contributed by atoms with van der Waals surface area (Å²) in [6, 6.07) is 15.6. The Hall–Kier alpha value is -2.02. The van der Waals surface area contributed by atoms with Crippen LogP contribution in [0.3, 0.4) is 0 Å². The van der Waals surface area contributed by atoms with Gasteiger partial charge in [-0.1, -0.05) is 64.1 Å². The molecule has 4 N–H and O–H groups in total. The molecule has 6 heteroatoms. The molecule has 0 radical (unpaired) electrons. The molecule has 0 saturated heterocycles. The summed E-state index contributed by atoms with van der Waals surface area (Å²) in [5.74, 6) is 0. The molecule has 26 heavy (non-hydrogen) atoms. The highest BCUT2D eigenvalue weighted by molar-refractivity contribution is 9.10. The third kappa shape index (κ3) is 6.06. The molecule has 0 aliphatic rings. The molecule has 4 nitrogen and oxygen atoms in total. The van der Waals surface area contributed by atoms with E-state index >= 15 is 0 Å². The van der Waals surface area contributed by atoms with Gasteiger partial charge in [0.2, 0.25) is 0 Å². The van der Waals surface area contributed by atoms with Gasteiger partial charge in [-0.3, -0.25) is 0 Å². The second-order valence-electron chi connectivity index (χ2n) is 4.69. The zero-order chi connectivity index (χ0) is 21.3. The number of nitrogens with one attached hydrogen (secondary N) is 2. The Morgan fingerprint density at radius 2 is 1.27 bits per heavy atom. The first-order chi connectivity index (χ1) is 13.5. The van der Waals surface area contributed by atoms with Crippen LogP contribution in [0.15, 0.2) is 65.2 Å². The molecule has 4 aromatic rings. The first-order valence-corrected chi connectivity index (χ1v) is 9.44. The number of fused-ring (bicyclic) bond motifs is 2. The number of aromatic nitrogens is 2. The van der Waals surface area contributed by atoms with Crippen molar-refractivity contribution in [3.8, 4) is 0 Å². The average molecular weight is 421 g/mol. The van der Waals surface area contributed by atoms with Gasteiger partial charge in [-0.05, 0) is 45.5 Å². The van der Waals surface area contributed by atoms with E-state index in [9.17, 15) is 0 Å². The van der Waals surface area contributed by atoms with Gasteiger partial charge < -0.3 is 20.0 Å². The Morgan fingerprint density at radius 3 is 1.73 bits per heavy atom. The molecule has 0 saturated carbocycles. The van der Waals surface area contributed by atoms with Gasteiger partial charge in [0.25, 0.3) is 0 Å².